The second-order valence-electron chi connectivity index (χ2n) is 6.32. The van der Waals surface area contributed by atoms with Gasteiger partial charge in [-0.15, -0.1) is 11.8 Å². The molecule has 1 fully saturated rings. The van der Waals surface area contributed by atoms with E-state index in [1.54, 1.807) is 26.0 Å². The summed E-state index contributed by atoms with van der Waals surface area (Å²) in [5.74, 6) is 0.748. The van der Waals surface area contributed by atoms with Crippen LogP contribution < -0.4 is 9.64 Å². The van der Waals surface area contributed by atoms with Crippen molar-refractivity contribution >= 4 is 34.1 Å². The summed E-state index contributed by atoms with van der Waals surface area (Å²) in [6.07, 6.45) is 2.08. The monoisotopic (exact) mass is 368 g/mol. The fraction of sp³-hybridized carbons (Fsp3) is 0.300. The molecule has 26 heavy (non-hydrogen) atoms. The molecule has 4 rings (SSSR count). The van der Waals surface area contributed by atoms with Crippen LogP contribution in [0.4, 0.5) is 11.4 Å². The molecule has 0 N–H and O–H groups in total. The summed E-state index contributed by atoms with van der Waals surface area (Å²) in [5, 5.41) is 0.977. The molecule has 5 nitrogen and oxygen atoms in total. The number of methoxy groups -OCH3 is 2. The maximum absolute atomic E-state index is 13.0. The lowest BCUT2D eigenvalue weighted by Crippen LogP contribution is -2.73. The lowest BCUT2D eigenvalue weighted by Gasteiger charge is -2.56. The molecule has 0 radical (unpaired) electrons. The Hall–Kier alpha value is -2.31. The number of benzene rings is 2. The molecule has 2 atom stereocenters. The number of hydrogen-bond donors (Lipinski definition) is 0. The van der Waals surface area contributed by atoms with Gasteiger partial charge < -0.3 is 9.47 Å². The lowest BCUT2D eigenvalue weighted by atomic mass is 9.72. The van der Waals surface area contributed by atoms with Crippen LogP contribution in [0.1, 0.15) is 12.0 Å². The van der Waals surface area contributed by atoms with Crippen molar-refractivity contribution in [1.29, 1.82) is 0 Å². The van der Waals surface area contributed by atoms with Crippen LogP contribution in [0.5, 0.6) is 5.75 Å². The van der Waals surface area contributed by atoms with E-state index < -0.39 is 11.6 Å². The summed E-state index contributed by atoms with van der Waals surface area (Å²) in [6, 6.07) is 15.6. The minimum absolute atomic E-state index is 0.0340. The van der Waals surface area contributed by atoms with Crippen LogP contribution >= 0.6 is 11.8 Å². The molecule has 0 spiro atoms. The molecule has 0 aliphatic carbocycles. The first-order valence-electron chi connectivity index (χ1n) is 8.37. The highest BCUT2D eigenvalue weighted by atomic mass is 32.2. The molecule has 1 amide bonds. The van der Waals surface area contributed by atoms with E-state index >= 15 is 0 Å². The summed E-state index contributed by atoms with van der Waals surface area (Å²) in [4.78, 5) is 19.6. The van der Waals surface area contributed by atoms with Crippen molar-refractivity contribution in [2.45, 2.75) is 18.1 Å². The molecule has 2 aromatic rings. The molecule has 0 aromatic heterocycles. The van der Waals surface area contributed by atoms with Gasteiger partial charge in [-0.2, -0.15) is 0 Å². The van der Waals surface area contributed by atoms with Gasteiger partial charge in [0.2, 0.25) is 0 Å². The Morgan fingerprint density at radius 1 is 1.15 bits per heavy atom. The van der Waals surface area contributed by atoms with Gasteiger partial charge in [0, 0.05) is 13.5 Å². The van der Waals surface area contributed by atoms with E-state index in [1.165, 1.54) is 0 Å². The number of ether oxygens (including phenoxy) is 2. The second-order valence-corrected chi connectivity index (χ2v) is 7.20. The van der Waals surface area contributed by atoms with Crippen molar-refractivity contribution in [3.05, 3.63) is 54.1 Å². The summed E-state index contributed by atoms with van der Waals surface area (Å²) >= 11 is 1.61. The van der Waals surface area contributed by atoms with Crippen molar-refractivity contribution in [2.75, 3.05) is 25.4 Å². The van der Waals surface area contributed by atoms with Crippen LogP contribution in [-0.4, -0.2) is 37.5 Å². The number of fused-ring (bicyclic) bond motifs is 3. The number of nitrogens with zero attached hydrogens (tertiary/aromatic N) is 2. The van der Waals surface area contributed by atoms with E-state index in [9.17, 15) is 4.79 Å². The van der Waals surface area contributed by atoms with Crippen molar-refractivity contribution in [3.63, 3.8) is 0 Å². The summed E-state index contributed by atoms with van der Waals surface area (Å²) in [7, 11) is 3.24. The van der Waals surface area contributed by atoms with Gasteiger partial charge in [0.25, 0.3) is 5.91 Å². The SMILES string of the molecule is COc1ccc(C23CC(SC)=Nc4ccccc4N2C(=O)C3OC)cc1. The zero-order chi connectivity index (χ0) is 18.3. The van der Waals surface area contributed by atoms with Gasteiger partial charge in [0.05, 0.1) is 23.5 Å². The Balaban J connectivity index is 1.93. The third-order valence-electron chi connectivity index (χ3n) is 5.13. The molecule has 2 aromatic carbocycles. The molecular formula is C20H20N2O3S. The molecule has 134 valence electrons. The summed E-state index contributed by atoms with van der Waals surface area (Å²) < 4.78 is 11.0. The van der Waals surface area contributed by atoms with Crippen molar-refractivity contribution in [2.24, 2.45) is 4.99 Å². The van der Waals surface area contributed by atoms with Gasteiger partial charge in [-0.05, 0) is 36.1 Å². The smallest absolute Gasteiger partial charge is 0.259 e. The van der Waals surface area contributed by atoms with Gasteiger partial charge >= 0.3 is 0 Å². The molecule has 2 unspecified atom stereocenters. The second kappa shape index (κ2) is 6.45. The lowest BCUT2D eigenvalue weighted by molar-refractivity contribution is -0.147. The highest BCUT2D eigenvalue weighted by Gasteiger charge is 2.63. The Morgan fingerprint density at radius 2 is 1.88 bits per heavy atom. The van der Waals surface area contributed by atoms with Crippen molar-refractivity contribution in [1.82, 2.24) is 0 Å². The average Bonchev–Trinajstić information content (AvgIpc) is 2.80. The Labute approximate surface area is 157 Å². The first kappa shape index (κ1) is 17.1. The van der Waals surface area contributed by atoms with Gasteiger partial charge in [-0.3, -0.25) is 9.69 Å². The van der Waals surface area contributed by atoms with Gasteiger partial charge in [-0.25, -0.2) is 4.99 Å². The number of para-hydroxylation sites is 2. The van der Waals surface area contributed by atoms with E-state index in [0.29, 0.717) is 6.42 Å². The number of aliphatic imine (C=N–C) groups is 1. The molecule has 2 aliphatic rings. The van der Waals surface area contributed by atoms with E-state index in [0.717, 1.165) is 27.7 Å². The largest absolute Gasteiger partial charge is 0.497 e. The highest BCUT2D eigenvalue weighted by molar-refractivity contribution is 8.13. The Kier molecular flexibility index (Phi) is 4.25. The van der Waals surface area contributed by atoms with E-state index in [1.807, 2.05) is 59.7 Å². The molecule has 0 bridgehead atoms. The molecule has 1 saturated heterocycles. The van der Waals surface area contributed by atoms with Crippen LogP contribution in [0, 0.1) is 0 Å². The van der Waals surface area contributed by atoms with Gasteiger partial charge in [0.15, 0.2) is 6.10 Å². The van der Waals surface area contributed by atoms with Crippen molar-refractivity contribution in [3.8, 4) is 5.75 Å². The molecular weight excluding hydrogens is 348 g/mol. The molecule has 6 heteroatoms. The van der Waals surface area contributed by atoms with Crippen LogP contribution in [0.2, 0.25) is 0 Å². The number of carbonyl (C=O) groups excluding carboxylic acids is 1. The fourth-order valence-electron chi connectivity index (χ4n) is 3.90. The number of rotatable bonds is 3. The maximum atomic E-state index is 13.0. The van der Waals surface area contributed by atoms with Gasteiger partial charge in [0.1, 0.15) is 11.3 Å². The summed E-state index contributed by atoms with van der Waals surface area (Å²) in [5.41, 5.74) is 2.05. The quantitative estimate of drug-likeness (QED) is 0.775. The number of thioether (sulfide) groups is 1. The highest BCUT2D eigenvalue weighted by Crippen LogP contribution is 2.53. The van der Waals surface area contributed by atoms with Crippen LogP contribution in [0.25, 0.3) is 0 Å². The third kappa shape index (κ3) is 2.29. The molecule has 0 saturated carbocycles. The third-order valence-corrected chi connectivity index (χ3v) is 5.83. The Morgan fingerprint density at radius 3 is 2.54 bits per heavy atom. The van der Waals surface area contributed by atoms with Crippen LogP contribution in [-0.2, 0) is 15.1 Å². The van der Waals surface area contributed by atoms with Crippen LogP contribution in [0.15, 0.2) is 53.5 Å². The summed E-state index contributed by atoms with van der Waals surface area (Å²) in [6.45, 7) is 0. The average molecular weight is 368 g/mol. The van der Waals surface area contributed by atoms with E-state index in [2.05, 4.69) is 0 Å². The first-order chi connectivity index (χ1) is 12.7. The zero-order valence-electron chi connectivity index (χ0n) is 14.9. The number of β-lactam (4-membered cyclic amide) rings is 1. The number of hydrogen-bond acceptors (Lipinski definition) is 5. The van der Waals surface area contributed by atoms with E-state index in [-0.39, 0.29) is 5.91 Å². The van der Waals surface area contributed by atoms with E-state index in [4.69, 9.17) is 14.5 Å². The predicted molar refractivity (Wildman–Crippen MR) is 105 cm³/mol. The van der Waals surface area contributed by atoms with Gasteiger partial charge in [-0.1, -0.05) is 24.3 Å². The molecule has 2 aliphatic heterocycles. The topological polar surface area (TPSA) is 51.1 Å². The number of carbonyl (C=O) groups is 1. The minimum Gasteiger partial charge on any atom is -0.497 e. The maximum Gasteiger partial charge on any atom is 0.259 e. The standard InChI is InChI=1S/C20H20N2O3S/c1-24-14-10-8-13(9-11-14)20-12-17(26-3)21-15-6-4-5-7-16(15)22(20)19(23)18(20)25-2/h4-11,18H,12H2,1-3H3. The number of amides is 1. The van der Waals surface area contributed by atoms with Crippen molar-refractivity contribution < 1.29 is 14.3 Å². The fourth-order valence-corrected chi connectivity index (χ4v) is 4.46. The van der Waals surface area contributed by atoms with Crippen LogP contribution in [0.3, 0.4) is 0 Å². The number of anilines is 1. The minimum atomic E-state index is -0.605. The molecule has 2 heterocycles. The Bertz CT molecular complexity index is 881. The zero-order valence-corrected chi connectivity index (χ0v) is 15.7. The first-order valence-corrected chi connectivity index (χ1v) is 9.60. The predicted octanol–water partition coefficient (Wildman–Crippen LogP) is 3.75. The normalized spacial score (nSPS) is 24.1.